The lowest BCUT2D eigenvalue weighted by Crippen LogP contribution is -2.30. The van der Waals surface area contributed by atoms with Crippen molar-refractivity contribution in [3.8, 4) is 0 Å². The van der Waals surface area contributed by atoms with Gasteiger partial charge >= 0.3 is 17.9 Å². The van der Waals surface area contributed by atoms with Crippen LogP contribution in [0.15, 0.2) is 146 Å². The van der Waals surface area contributed by atoms with Gasteiger partial charge in [0.1, 0.15) is 13.2 Å². The molecule has 0 aliphatic rings. The molecule has 0 N–H and O–H groups in total. The number of allylic oxidation sites excluding steroid dienone is 24. The normalized spacial score (nSPS) is 13.2. The Balaban J connectivity index is 4.56. The minimum Gasteiger partial charge on any atom is -0.462 e. The molecule has 0 saturated heterocycles. The van der Waals surface area contributed by atoms with Crippen molar-refractivity contribution in [2.75, 3.05) is 13.2 Å². The Labute approximate surface area is 448 Å². The molecule has 0 spiro atoms. The number of ether oxygens (including phenoxy) is 3. The van der Waals surface area contributed by atoms with Gasteiger partial charge in [-0.25, -0.2) is 0 Å². The van der Waals surface area contributed by atoms with Gasteiger partial charge in [-0.1, -0.05) is 237 Å². The molecule has 0 aromatic carbocycles. The van der Waals surface area contributed by atoms with E-state index in [9.17, 15) is 14.4 Å². The third-order valence-corrected chi connectivity index (χ3v) is 11.8. The van der Waals surface area contributed by atoms with Crippen LogP contribution in [0, 0.1) is 0 Å². The van der Waals surface area contributed by atoms with Crippen LogP contribution < -0.4 is 0 Å². The van der Waals surface area contributed by atoms with E-state index in [2.05, 4.69) is 154 Å². The smallest absolute Gasteiger partial charge is 0.306 e. The van der Waals surface area contributed by atoms with Crippen molar-refractivity contribution in [2.45, 2.75) is 245 Å². The van der Waals surface area contributed by atoms with Crippen molar-refractivity contribution >= 4 is 17.9 Å². The van der Waals surface area contributed by atoms with E-state index in [1.54, 1.807) is 0 Å². The highest BCUT2D eigenvalue weighted by molar-refractivity contribution is 5.71. The zero-order valence-electron chi connectivity index (χ0n) is 46.8. The SMILES string of the molecule is CC/C=C\C/C=C\C/C=C\C/C=C\C/C=C\C/C=C\CCC(=O)OC(COC(=O)CCCCCCC/C=C\C/C=C\C/C=C\CC)COC(=O)CCCCCCCC/C=C\C/C=C\C/C=C\CCCCCCC. The molecule has 0 rings (SSSR count). The highest BCUT2D eigenvalue weighted by Gasteiger charge is 2.19. The standard InChI is InChI=1S/C67H106O6/c1-4-7-10-13-16-19-22-25-28-30-32-33-35-36-39-42-45-48-51-54-57-60-66(69)72-63-64(62-71-65(68)59-56-53-50-47-44-41-38-27-24-21-18-15-12-9-6-3)73-67(70)61-58-55-52-49-46-43-40-37-34-31-29-26-23-20-17-14-11-8-5-2/h8-9,11-12,17-18,20-22,25-27,29-30,32,34-38,43,46,52,55,64H,4-7,10,13-16,19,23-24,28,31,33,39-42,44-45,47-51,53-54,56-63H2,1-3H3/b11-8-,12-9-,20-17-,21-18-,25-22-,29-26-,32-30-,36-35-,37-34-,38-27-,46-43-,55-52-. The van der Waals surface area contributed by atoms with E-state index in [1.807, 2.05) is 12.2 Å². The molecule has 0 aromatic heterocycles. The maximum atomic E-state index is 12.8. The molecule has 0 bridgehead atoms. The molecule has 410 valence electrons. The lowest BCUT2D eigenvalue weighted by Gasteiger charge is -2.18. The summed E-state index contributed by atoms with van der Waals surface area (Å²) in [5, 5.41) is 0. The number of carbonyl (C=O) groups excluding carboxylic acids is 3. The molecule has 0 radical (unpaired) electrons. The highest BCUT2D eigenvalue weighted by Crippen LogP contribution is 2.13. The summed E-state index contributed by atoms with van der Waals surface area (Å²) in [7, 11) is 0. The van der Waals surface area contributed by atoms with Gasteiger partial charge < -0.3 is 14.2 Å². The van der Waals surface area contributed by atoms with Crippen molar-refractivity contribution < 1.29 is 28.6 Å². The van der Waals surface area contributed by atoms with Crippen molar-refractivity contribution in [3.63, 3.8) is 0 Å². The quantitative estimate of drug-likeness (QED) is 0.0261. The predicted octanol–water partition coefficient (Wildman–Crippen LogP) is 20.0. The van der Waals surface area contributed by atoms with Crippen LogP contribution in [0.2, 0.25) is 0 Å². The number of hydrogen-bond acceptors (Lipinski definition) is 6. The van der Waals surface area contributed by atoms with Gasteiger partial charge in [0.2, 0.25) is 0 Å². The monoisotopic (exact) mass is 1010 g/mol. The van der Waals surface area contributed by atoms with Gasteiger partial charge in [0.15, 0.2) is 6.10 Å². The fourth-order valence-electron chi connectivity index (χ4n) is 7.49. The first kappa shape index (κ1) is 68.3. The van der Waals surface area contributed by atoms with Crippen molar-refractivity contribution in [2.24, 2.45) is 0 Å². The predicted molar refractivity (Wildman–Crippen MR) is 315 cm³/mol. The van der Waals surface area contributed by atoms with Gasteiger partial charge in [0.25, 0.3) is 0 Å². The fraction of sp³-hybridized carbons (Fsp3) is 0.597. The second-order valence-electron chi connectivity index (χ2n) is 18.8. The first-order valence-electron chi connectivity index (χ1n) is 29.3. The Morgan fingerprint density at radius 2 is 0.562 bits per heavy atom. The molecule has 73 heavy (non-hydrogen) atoms. The van der Waals surface area contributed by atoms with E-state index in [0.29, 0.717) is 19.3 Å². The molecule has 0 saturated carbocycles. The minimum absolute atomic E-state index is 0.127. The molecular weight excluding hydrogens is 901 g/mol. The largest absolute Gasteiger partial charge is 0.462 e. The van der Waals surface area contributed by atoms with Gasteiger partial charge in [-0.15, -0.1) is 0 Å². The summed E-state index contributed by atoms with van der Waals surface area (Å²) >= 11 is 0. The van der Waals surface area contributed by atoms with Gasteiger partial charge in [-0.3, -0.25) is 14.4 Å². The van der Waals surface area contributed by atoms with Crippen LogP contribution in [0.3, 0.4) is 0 Å². The lowest BCUT2D eigenvalue weighted by molar-refractivity contribution is -0.166. The Kier molecular flexibility index (Phi) is 56.0. The second-order valence-corrected chi connectivity index (χ2v) is 18.8. The van der Waals surface area contributed by atoms with Crippen LogP contribution in [0.1, 0.15) is 239 Å². The molecule has 6 heteroatoms. The number of carbonyl (C=O) groups is 3. The third-order valence-electron chi connectivity index (χ3n) is 11.8. The summed E-state index contributed by atoms with van der Waals surface area (Å²) in [6.07, 6.45) is 85.6. The topological polar surface area (TPSA) is 78.9 Å². The maximum Gasteiger partial charge on any atom is 0.306 e. The van der Waals surface area contributed by atoms with E-state index in [4.69, 9.17) is 14.2 Å². The zero-order valence-corrected chi connectivity index (χ0v) is 46.8. The molecule has 0 aliphatic heterocycles. The molecule has 0 aliphatic carbocycles. The molecule has 1 unspecified atom stereocenters. The Bertz CT molecular complexity index is 1630. The lowest BCUT2D eigenvalue weighted by atomic mass is 10.1. The van der Waals surface area contributed by atoms with Crippen LogP contribution in [0.5, 0.6) is 0 Å². The third kappa shape index (κ3) is 58.1. The average molecular weight is 1010 g/mol. The number of hydrogen-bond donors (Lipinski definition) is 0. The van der Waals surface area contributed by atoms with Gasteiger partial charge in [-0.05, 0) is 128 Å². The van der Waals surface area contributed by atoms with Crippen molar-refractivity contribution in [3.05, 3.63) is 146 Å². The molecule has 0 fully saturated rings. The summed E-state index contributed by atoms with van der Waals surface area (Å²) < 4.78 is 16.8. The van der Waals surface area contributed by atoms with Gasteiger partial charge in [-0.2, -0.15) is 0 Å². The highest BCUT2D eigenvalue weighted by atomic mass is 16.6. The molecule has 1 atom stereocenters. The molecule has 0 heterocycles. The zero-order chi connectivity index (χ0) is 52.9. The van der Waals surface area contributed by atoms with Crippen molar-refractivity contribution in [1.29, 1.82) is 0 Å². The Morgan fingerprint density at radius 1 is 0.288 bits per heavy atom. The summed E-state index contributed by atoms with van der Waals surface area (Å²) in [4.78, 5) is 38.2. The van der Waals surface area contributed by atoms with E-state index < -0.39 is 12.1 Å². The summed E-state index contributed by atoms with van der Waals surface area (Å²) in [6, 6.07) is 0. The molecular formula is C67H106O6. The minimum atomic E-state index is -0.839. The molecule has 0 aromatic rings. The fourth-order valence-corrected chi connectivity index (χ4v) is 7.49. The number of esters is 3. The first-order chi connectivity index (χ1) is 36.0. The van der Waals surface area contributed by atoms with Crippen LogP contribution in [0.4, 0.5) is 0 Å². The van der Waals surface area contributed by atoms with E-state index in [0.717, 1.165) is 141 Å². The Hall–Kier alpha value is -4.71. The summed E-state index contributed by atoms with van der Waals surface area (Å²) in [5.41, 5.74) is 0. The summed E-state index contributed by atoms with van der Waals surface area (Å²) in [5.74, 6) is -1.05. The number of unbranched alkanes of at least 4 members (excludes halogenated alkanes) is 16. The van der Waals surface area contributed by atoms with E-state index in [-0.39, 0.29) is 31.6 Å². The van der Waals surface area contributed by atoms with Crippen LogP contribution in [-0.2, 0) is 28.6 Å². The van der Waals surface area contributed by atoms with Crippen LogP contribution in [-0.4, -0.2) is 37.2 Å². The molecule has 0 amide bonds. The van der Waals surface area contributed by atoms with E-state index in [1.165, 1.54) is 51.4 Å². The second kappa shape index (κ2) is 59.8. The van der Waals surface area contributed by atoms with Gasteiger partial charge in [0, 0.05) is 19.3 Å². The van der Waals surface area contributed by atoms with E-state index >= 15 is 0 Å². The van der Waals surface area contributed by atoms with Gasteiger partial charge in [0.05, 0.1) is 0 Å². The van der Waals surface area contributed by atoms with Crippen molar-refractivity contribution in [1.82, 2.24) is 0 Å². The number of rotatable bonds is 51. The first-order valence-corrected chi connectivity index (χ1v) is 29.3. The molecule has 6 nitrogen and oxygen atoms in total. The van der Waals surface area contributed by atoms with Crippen LogP contribution >= 0.6 is 0 Å². The average Bonchev–Trinajstić information content (AvgIpc) is 3.39. The Morgan fingerprint density at radius 3 is 0.890 bits per heavy atom. The van der Waals surface area contributed by atoms with Crippen LogP contribution in [0.25, 0.3) is 0 Å². The summed E-state index contributed by atoms with van der Waals surface area (Å²) in [6.45, 7) is 6.30. The maximum absolute atomic E-state index is 12.8.